The van der Waals surface area contributed by atoms with E-state index in [0.29, 0.717) is 36.1 Å². The van der Waals surface area contributed by atoms with Crippen molar-refractivity contribution in [1.82, 2.24) is 14.4 Å². The average Bonchev–Trinajstić information content (AvgIpc) is 3.34. The molecule has 0 amide bonds. The Labute approximate surface area is 156 Å². The normalized spacial score (nSPS) is 18.8. The van der Waals surface area contributed by atoms with E-state index in [9.17, 15) is 8.42 Å². The number of benzene rings is 1. The van der Waals surface area contributed by atoms with Gasteiger partial charge in [-0.1, -0.05) is 23.4 Å². The summed E-state index contributed by atoms with van der Waals surface area (Å²) in [6, 6.07) is 10.6. The lowest BCUT2D eigenvalue weighted by molar-refractivity contribution is 0.247. The SMILES string of the molecule is O=S(=O)(c1ccccc1)N1CCC[C@H](Cc2nc(-c3ccsc3)no2)C1. The molecule has 1 aliphatic rings. The summed E-state index contributed by atoms with van der Waals surface area (Å²) in [7, 11) is -3.45. The van der Waals surface area contributed by atoms with Gasteiger partial charge in [-0.2, -0.15) is 20.6 Å². The highest BCUT2D eigenvalue weighted by molar-refractivity contribution is 7.89. The van der Waals surface area contributed by atoms with Crippen LogP contribution in [0.4, 0.5) is 0 Å². The summed E-state index contributed by atoms with van der Waals surface area (Å²) >= 11 is 1.59. The van der Waals surface area contributed by atoms with Crippen molar-refractivity contribution in [3.8, 4) is 11.4 Å². The van der Waals surface area contributed by atoms with Crippen LogP contribution in [0.15, 0.2) is 56.6 Å². The molecule has 0 radical (unpaired) electrons. The lowest BCUT2D eigenvalue weighted by atomic mass is 9.96. The molecule has 0 spiro atoms. The van der Waals surface area contributed by atoms with E-state index in [1.807, 2.05) is 22.9 Å². The number of nitrogens with zero attached hydrogens (tertiary/aromatic N) is 3. The van der Waals surface area contributed by atoms with Gasteiger partial charge < -0.3 is 4.52 Å². The number of rotatable bonds is 5. The smallest absolute Gasteiger partial charge is 0.243 e. The monoisotopic (exact) mass is 389 g/mol. The maximum Gasteiger partial charge on any atom is 0.243 e. The highest BCUT2D eigenvalue weighted by Crippen LogP contribution is 2.26. The van der Waals surface area contributed by atoms with Crippen LogP contribution in [0.3, 0.4) is 0 Å². The largest absolute Gasteiger partial charge is 0.339 e. The van der Waals surface area contributed by atoms with Crippen LogP contribution in [0.25, 0.3) is 11.4 Å². The van der Waals surface area contributed by atoms with Crippen LogP contribution >= 0.6 is 11.3 Å². The first kappa shape index (κ1) is 17.4. The zero-order valence-corrected chi connectivity index (χ0v) is 15.7. The van der Waals surface area contributed by atoms with Crippen molar-refractivity contribution < 1.29 is 12.9 Å². The number of hydrogen-bond acceptors (Lipinski definition) is 6. The molecule has 4 rings (SSSR count). The molecule has 3 aromatic rings. The van der Waals surface area contributed by atoms with E-state index in [1.54, 1.807) is 39.9 Å². The maximum absolute atomic E-state index is 12.8. The van der Waals surface area contributed by atoms with Gasteiger partial charge in [0.25, 0.3) is 0 Å². The van der Waals surface area contributed by atoms with Gasteiger partial charge >= 0.3 is 0 Å². The van der Waals surface area contributed by atoms with E-state index in [0.717, 1.165) is 18.4 Å². The second-order valence-corrected chi connectivity index (χ2v) is 9.13. The summed E-state index contributed by atoms with van der Waals surface area (Å²) in [5.74, 6) is 1.33. The zero-order chi connectivity index (χ0) is 18.0. The molecule has 6 nitrogen and oxygen atoms in total. The van der Waals surface area contributed by atoms with Crippen LogP contribution in [0.5, 0.6) is 0 Å². The second-order valence-electron chi connectivity index (χ2n) is 6.41. The number of hydrogen-bond donors (Lipinski definition) is 0. The minimum Gasteiger partial charge on any atom is -0.339 e. The topological polar surface area (TPSA) is 76.3 Å². The molecule has 0 bridgehead atoms. The van der Waals surface area contributed by atoms with E-state index >= 15 is 0 Å². The van der Waals surface area contributed by atoms with Gasteiger partial charge in [-0.3, -0.25) is 0 Å². The van der Waals surface area contributed by atoms with Crippen molar-refractivity contribution in [2.45, 2.75) is 24.2 Å². The highest BCUT2D eigenvalue weighted by Gasteiger charge is 2.31. The Morgan fingerprint density at radius 2 is 2.08 bits per heavy atom. The number of aromatic nitrogens is 2. The Kier molecular flexibility index (Phi) is 4.88. The van der Waals surface area contributed by atoms with Crippen molar-refractivity contribution in [1.29, 1.82) is 0 Å². The molecule has 1 aliphatic heterocycles. The van der Waals surface area contributed by atoms with Crippen molar-refractivity contribution in [3.63, 3.8) is 0 Å². The standard InChI is InChI=1S/C18H19N3O3S2/c22-26(23,16-6-2-1-3-7-16)21-9-4-5-14(12-21)11-17-19-18(20-24-17)15-8-10-25-13-15/h1-3,6-8,10,13-14H,4-5,9,11-12H2/t14-/m1/s1. The van der Waals surface area contributed by atoms with E-state index in [1.165, 1.54) is 0 Å². The van der Waals surface area contributed by atoms with Gasteiger partial charge in [0.1, 0.15) is 0 Å². The van der Waals surface area contributed by atoms with Crippen molar-refractivity contribution in [2.75, 3.05) is 13.1 Å². The Hall–Kier alpha value is -2.03. The summed E-state index contributed by atoms with van der Waals surface area (Å²) in [5, 5.41) is 7.97. The van der Waals surface area contributed by atoms with Gasteiger partial charge in [0.2, 0.25) is 21.7 Å². The van der Waals surface area contributed by atoms with E-state index < -0.39 is 10.0 Å². The Morgan fingerprint density at radius 1 is 1.23 bits per heavy atom. The molecule has 1 saturated heterocycles. The van der Waals surface area contributed by atoms with Crippen LogP contribution in [-0.2, 0) is 16.4 Å². The third-order valence-corrected chi connectivity index (χ3v) is 7.14. The van der Waals surface area contributed by atoms with E-state index in [-0.39, 0.29) is 5.92 Å². The first-order valence-electron chi connectivity index (χ1n) is 8.53. The summed E-state index contributed by atoms with van der Waals surface area (Å²) in [6.07, 6.45) is 2.39. The number of piperidine rings is 1. The van der Waals surface area contributed by atoms with E-state index in [2.05, 4.69) is 10.1 Å². The first-order valence-corrected chi connectivity index (χ1v) is 10.9. The summed E-state index contributed by atoms with van der Waals surface area (Å²) in [5.41, 5.74) is 0.946. The van der Waals surface area contributed by atoms with Crippen molar-refractivity contribution in [3.05, 3.63) is 53.0 Å². The lowest BCUT2D eigenvalue weighted by Crippen LogP contribution is -2.40. The fourth-order valence-electron chi connectivity index (χ4n) is 3.25. The van der Waals surface area contributed by atoms with Crippen LogP contribution in [0.1, 0.15) is 18.7 Å². The van der Waals surface area contributed by atoms with E-state index in [4.69, 9.17) is 4.52 Å². The van der Waals surface area contributed by atoms with Crippen molar-refractivity contribution >= 4 is 21.4 Å². The minimum absolute atomic E-state index is 0.179. The van der Waals surface area contributed by atoms with Gasteiger partial charge in [0.05, 0.1) is 4.90 Å². The van der Waals surface area contributed by atoms with Gasteiger partial charge in [-0.05, 0) is 42.3 Å². The molecule has 3 heterocycles. The van der Waals surface area contributed by atoms with Crippen LogP contribution in [-0.4, -0.2) is 36.0 Å². The zero-order valence-electron chi connectivity index (χ0n) is 14.1. The fourth-order valence-corrected chi connectivity index (χ4v) is 5.46. The molecule has 0 saturated carbocycles. The molecule has 0 N–H and O–H groups in total. The summed E-state index contributed by atoms with van der Waals surface area (Å²) < 4.78 is 32.6. The maximum atomic E-state index is 12.8. The van der Waals surface area contributed by atoms with Crippen LogP contribution in [0, 0.1) is 5.92 Å². The predicted octanol–water partition coefficient (Wildman–Crippen LogP) is 3.44. The second kappa shape index (κ2) is 7.30. The van der Waals surface area contributed by atoms with Crippen molar-refractivity contribution in [2.24, 2.45) is 5.92 Å². The lowest BCUT2D eigenvalue weighted by Gasteiger charge is -2.31. The first-order chi connectivity index (χ1) is 12.6. The molecule has 2 aromatic heterocycles. The Balaban J connectivity index is 1.46. The molecule has 1 aromatic carbocycles. The summed E-state index contributed by atoms with van der Waals surface area (Å²) in [4.78, 5) is 4.80. The number of sulfonamides is 1. The van der Waals surface area contributed by atoms with Crippen LogP contribution < -0.4 is 0 Å². The van der Waals surface area contributed by atoms with Crippen LogP contribution in [0.2, 0.25) is 0 Å². The summed E-state index contributed by atoms with van der Waals surface area (Å²) in [6.45, 7) is 1.03. The average molecular weight is 390 g/mol. The predicted molar refractivity (Wildman–Crippen MR) is 99.2 cm³/mol. The van der Waals surface area contributed by atoms with Gasteiger partial charge in [-0.15, -0.1) is 0 Å². The third-order valence-electron chi connectivity index (χ3n) is 4.57. The minimum atomic E-state index is -3.45. The molecule has 136 valence electrons. The third kappa shape index (κ3) is 3.58. The van der Waals surface area contributed by atoms with Gasteiger partial charge in [-0.25, -0.2) is 8.42 Å². The number of thiophene rings is 1. The Morgan fingerprint density at radius 3 is 2.85 bits per heavy atom. The molecule has 0 unspecified atom stereocenters. The fraction of sp³-hybridized carbons (Fsp3) is 0.333. The molecular weight excluding hydrogens is 370 g/mol. The highest BCUT2D eigenvalue weighted by atomic mass is 32.2. The molecule has 0 aliphatic carbocycles. The van der Waals surface area contributed by atoms with Gasteiger partial charge in [0.15, 0.2) is 0 Å². The quantitative estimate of drug-likeness (QED) is 0.668. The van der Waals surface area contributed by atoms with Gasteiger partial charge in [0, 0.05) is 30.5 Å². The Bertz CT molecular complexity index is 953. The molecule has 1 fully saturated rings. The molecule has 8 heteroatoms. The molecule has 26 heavy (non-hydrogen) atoms. The molecular formula is C18H19N3O3S2. The molecule has 1 atom stereocenters.